The first kappa shape index (κ1) is 24.0. The lowest BCUT2D eigenvalue weighted by Gasteiger charge is -2.42. The lowest BCUT2D eigenvalue weighted by Crippen LogP contribution is -2.65. The molecule has 0 spiro atoms. The number of hydrogen-bond donors (Lipinski definition) is 5. The fourth-order valence-electron chi connectivity index (χ4n) is 2.35. The van der Waals surface area contributed by atoms with Crippen LogP contribution in [0.2, 0.25) is 0 Å². The Morgan fingerprint density at radius 3 is 2.40 bits per heavy atom. The zero-order chi connectivity index (χ0) is 18.4. The van der Waals surface area contributed by atoms with Crippen molar-refractivity contribution in [2.45, 2.75) is 70.3 Å². The third-order valence-electron chi connectivity index (χ3n) is 3.92. The number of aliphatic hydroxyl groups is 3. The summed E-state index contributed by atoms with van der Waals surface area (Å²) < 4.78 is 10.3. The molecule has 0 aliphatic carbocycles. The van der Waals surface area contributed by atoms with Gasteiger partial charge in [0.15, 0.2) is 12.4 Å². The van der Waals surface area contributed by atoms with Crippen molar-refractivity contribution in [3.05, 3.63) is 0 Å². The predicted molar refractivity (Wildman–Crippen MR) is 90.8 cm³/mol. The van der Waals surface area contributed by atoms with Crippen molar-refractivity contribution in [2.24, 2.45) is 11.7 Å². The first-order chi connectivity index (χ1) is 11.2. The molecule has 9 nitrogen and oxygen atoms in total. The minimum Gasteiger partial charge on any atom is -0.456 e. The first-order valence-corrected chi connectivity index (χ1v) is 8.10. The Labute approximate surface area is 153 Å². The molecule has 1 amide bonds. The van der Waals surface area contributed by atoms with E-state index in [2.05, 4.69) is 5.32 Å². The molecule has 1 aliphatic rings. The number of halogens is 1. The van der Waals surface area contributed by atoms with E-state index < -0.39 is 49.3 Å². The van der Waals surface area contributed by atoms with Gasteiger partial charge in [0.1, 0.15) is 24.3 Å². The van der Waals surface area contributed by atoms with Crippen LogP contribution in [-0.2, 0) is 19.1 Å². The summed E-state index contributed by atoms with van der Waals surface area (Å²) in [5, 5.41) is 32.0. The number of esters is 1. The number of ether oxygens (including phenoxy) is 2. The Balaban J connectivity index is 0.00000576. The first-order valence-electron chi connectivity index (χ1n) is 8.10. The van der Waals surface area contributed by atoms with E-state index in [9.17, 15) is 24.9 Å². The Bertz CT molecular complexity index is 438. The lowest BCUT2D eigenvalue weighted by atomic mass is 9.96. The fourth-order valence-corrected chi connectivity index (χ4v) is 2.35. The maximum atomic E-state index is 12.1. The third-order valence-corrected chi connectivity index (χ3v) is 3.92. The van der Waals surface area contributed by atoms with Crippen molar-refractivity contribution in [1.29, 1.82) is 0 Å². The topological polar surface area (TPSA) is 151 Å². The standard InChI is InChI=1S/C15H28N2O7.ClH/c1-4-5-9(19)17-11-13(24-14(21)10(16)7(2)3)12(20)8(6-18)23-15(11)22;/h7-8,10-13,15,18,20,22H,4-6,16H2,1-3H3,(H,17,19);1H/t8-,10+,11-,12-,13-,15?;/m1./s1. The minimum absolute atomic E-state index is 0. The van der Waals surface area contributed by atoms with Crippen LogP contribution >= 0.6 is 12.4 Å². The van der Waals surface area contributed by atoms with Gasteiger partial charge < -0.3 is 35.8 Å². The second kappa shape index (κ2) is 10.9. The van der Waals surface area contributed by atoms with Gasteiger partial charge in [-0.25, -0.2) is 0 Å². The molecule has 0 aromatic heterocycles. The summed E-state index contributed by atoms with van der Waals surface area (Å²) in [4.78, 5) is 23.9. The number of nitrogens with two attached hydrogens (primary N) is 1. The molecule has 0 aromatic carbocycles. The van der Waals surface area contributed by atoms with Crippen LogP contribution in [0.1, 0.15) is 33.6 Å². The Hall–Kier alpha value is -0.970. The molecule has 148 valence electrons. The van der Waals surface area contributed by atoms with Crippen molar-refractivity contribution in [2.75, 3.05) is 6.61 Å². The van der Waals surface area contributed by atoms with Crippen LogP contribution in [0.3, 0.4) is 0 Å². The van der Waals surface area contributed by atoms with Gasteiger partial charge in [-0.2, -0.15) is 0 Å². The number of rotatable bonds is 7. The van der Waals surface area contributed by atoms with E-state index in [0.29, 0.717) is 6.42 Å². The summed E-state index contributed by atoms with van der Waals surface area (Å²) in [6.45, 7) is 4.69. The van der Waals surface area contributed by atoms with Gasteiger partial charge in [0.05, 0.1) is 6.61 Å². The summed E-state index contributed by atoms with van der Waals surface area (Å²) in [5.41, 5.74) is 5.73. The summed E-state index contributed by atoms with van der Waals surface area (Å²) in [5.74, 6) is -1.34. The van der Waals surface area contributed by atoms with Crippen molar-refractivity contribution in [3.63, 3.8) is 0 Å². The number of hydrogen-bond acceptors (Lipinski definition) is 8. The molecule has 25 heavy (non-hydrogen) atoms. The lowest BCUT2D eigenvalue weighted by molar-refractivity contribution is -0.259. The van der Waals surface area contributed by atoms with E-state index in [-0.39, 0.29) is 30.7 Å². The summed E-state index contributed by atoms with van der Waals surface area (Å²) >= 11 is 0. The highest BCUT2D eigenvalue weighted by molar-refractivity contribution is 5.85. The maximum absolute atomic E-state index is 12.1. The fraction of sp³-hybridized carbons (Fsp3) is 0.867. The van der Waals surface area contributed by atoms with E-state index in [4.69, 9.17) is 15.2 Å². The number of aliphatic hydroxyl groups excluding tert-OH is 3. The Morgan fingerprint density at radius 1 is 1.32 bits per heavy atom. The van der Waals surface area contributed by atoms with Crippen LogP contribution in [0.4, 0.5) is 0 Å². The monoisotopic (exact) mass is 384 g/mol. The average Bonchev–Trinajstić information content (AvgIpc) is 2.52. The van der Waals surface area contributed by atoms with Gasteiger partial charge in [-0.3, -0.25) is 9.59 Å². The molecule has 0 aromatic rings. The molecule has 6 N–H and O–H groups in total. The van der Waals surface area contributed by atoms with E-state index in [1.165, 1.54) is 0 Å². The molecular weight excluding hydrogens is 356 g/mol. The molecular formula is C15H29ClN2O7. The van der Waals surface area contributed by atoms with Crippen LogP contribution in [0.15, 0.2) is 0 Å². The molecule has 0 saturated carbocycles. The van der Waals surface area contributed by atoms with Gasteiger partial charge in [-0.05, 0) is 12.3 Å². The maximum Gasteiger partial charge on any atom is 0.323 e. The molecule has 6 atom stereocenters. The average molecular weight is 385 g/mol. The van der Waals surface area contributed by atoms with Crippen molar-refractivity contribution >= 4 is 24.3 Å². The van der Waals surface area contributed by atoms with Gasteiger partial charge in [0.2, 0.25) is 5.91 Å². The molecule has 0 radical (unpaired) electrons. The molecule has 1 unspecified atom stereocenters. The van der Waals surface area contributed by atoms with Gasteiger partial charge in [-0.1, -0.05) is 20.8 Å². The zero-order valence-electron chi connectivity index (χ0n) is 14.6. The second-order valence-corrected chi connectivity index (χ2v) is 6.25. The van der Waals surface area contributed by atoms with E-state index in [1.54, 1.807) is 13.8 Å². The third kappa shape index (κ3) is 6.36. The van der Waals surface area contributed by atoms with Crippen LogP contribution in [0.5, 0.6) is 0 Å². The normalized spacial score (nSPS) is 30.3. The van der Waals surface area contributed by atoms with Crippen LogP contribution in [-0.4, -0.2) is 70.5 Å². The number of amides is 1. The smallest absolute Gasteiger partial charge is 0.323 e. The van der Waals surface area contributed by atoms with Crippen LogP contribution in [0.25, 0.3) is 0 Å². The van der Waals surface area contributed by atoms with Gasteiger partial charge >= 0.3 is 5.97 Å². The Kier molecular flexibility index (Phi) is 10.5. The highest BCUT2D eigenvalue weighted by Crippen LogP contribution is 2.23. The minimum atomic E-state index is -1.54. The van der Waals surface area contributed by atoms with E-state index in [0.717, 1.165) is 0 Å². The van der Waals surface area contributed by atoms with Gasteiger partial charge in [0.25, 0.3) is 0 Å². The predicted octanol–water partition coefficient (Wildman–Crippen LogP) is -1.34. The molecule has 1 rings (SSSR count). The molecule has 0 bridgehead atoms. The zero-order valence-corrected chi connectivity index (χ0v) is 15.4. The summed E-state index contributed by atoms with van der Waals surface area (Å²) in [6, 6.07) is -2.08. The van der Waals surface area contributed by atoms with Gasteiger partial charge in [0, 0.05) is 6.42 Å². The Morgan fingerprint density at radius 2 is 1.92 bits per heavy atom. The molecule has 1 saturated heterocycles. The summed E-state index contributed by atoms with van der Waals surface area (Å²) in [7, 11) is 0. The van der Waals surface area contributed by atoms with Crippen LogP contribution in [0, 0.1) is 5.92 Å². The molecule has 10 heteroatoms. The summed E-state index contributed by atoms with van der Waals surface area (Å²) in [6.07, 6.45) is -4.61. The SMILES string of the molecule is CCCC(=O)N[C@H]1C(O)O[C@H](CO)[C@@H](O)[C@@H]1OC(=O)[C@@H](N)C(C)C.Cl. The van der Waals surface area contributed by atoms with Crippen LogP contribution < -0.4 is 11.1 Å². The highest BCUT2D eigenvalue weighted by atomic mass is 35.5. The number of nitrogens with one attached hydrogen (secondary N) is 1. The second-order valence-electron chi connectivity index (χ2n) is 6.25. The van der Waals surface area contributed by atoms with Crippen molar-refractivity contribution < 1.29 is 34.4 Å². The molecule has 1 aliphatic heterocycles. The molecule has 1 fully saturated rings. The van der Waals surface area contributed by atoms with Gasteiger partial charge in [-0.15, -0.1) is 12.4 Å². The molecule has 1 heterocycles. The highest BCUT2D eigenvalue weighted by Gasteiger charge is 2.47. The van der Waals surface area contributed by atoms with E-state index in [1.807, 2.05) is 6.92 Å². The largest absolute Gasteiger partial charge is 0.456 e. The van der Waals surface area contributed by atoms with Crippen molar-refractivity contribution in [1.82, 2.24) is 5.32 Å². The quantitative estimate of drug-likeness (QED) is 0.338. The van der Waals surface area contributed by atoms with E-state index >= 15 is 0 Å². The van der Waals surface area contributed by atoms with Crippen molar-refractivity contribution in [3.8, 4) is 0 Å². The number of carbonyl (C=O) groups is 2. The number of carbonyl (C=O) groups excluding carboxylic acids is 2.